The van der Waals surface area contributed by atoms with E-state index in [1.807, 2.05) is 24.3 Å². The van der Waals surface area contributed by atoms with Crippen LogP contribution in [0.1, 0.15) is 6.42 Å². The van der Waals surface area contributed by atoms with E-state index in [4.69, 9.17) is 9.47 Å². The van der Waals surface area contributed by atoms with Crippen molar-refractivity contribution in [2.45, 2.75) is 16.7 Å². The third-order valence-corrected chi connectivity index (χ3v) is 6.75. The zero-order valence-corrected chi connectivity index (χ0v) is 14.9. The van der Waals surface area contributed by atoms with Crippen molar-refractivity contribution in [3.63, 3.8) is 0 Å². The summed E-state index contributed by atoms with van der Waals surface area (Å²) in [6.07, 6.45) is -0.166. The number of sulfone groups is 1. The van der Waals surface area contributed by atoms with Gasteiger partial charge in [0.1, 0.15) is 19.5 Å². The molecule has 0 unspecified atom stereocenters. The molecule has 2 aromatic rings. The fraction of sp³-hybridized carbons (Fsp3) is 0.389. The molecule has 7 heteroatoms. The Morgan fingerprint density at radius 1 is 1.16 bits per heavy atom. The van der Waals surface area contributed by atoms with Crippen LogP contribution in [0.3, 0.4) is 0 Å². The van der Waals surface area contributed by atoms with Crippen LogP contribution in [0.4, 0.5) is 0 Å². The second kappa shape index (κ2) is 7.51. The lowest BCUT2D eigenvalue weighted by atomic mass is 10.1. The highest BCUT2D eigenvalue weighted by molar-refractivity contribution is 7.91. The molecule has 0 aromatic heterocycles. The van der Waals surface area contributed by atoms with Gasteiger partial charge in [-0.05, 0) is 22.9 Å². The summed E-state index contributed by atoms with van der Waals surface area (Å²) >= 11 is 0. The first-order valence-corrected chi connectivity index (χ1v) is 9.79. The number of hydrogen-bond acceptors (Lipinski definition) is 5. The molecule has 6 nitrogen and oxygen atoms in total. The molecule has 0 bridgehead atoms. The van der Waals surface area contributed by atoms with Crippen LogP contribution < -0.4 is 4.90 Å². The van der Waals surface area contributed by atoms with Crippen LogP contribution in [0.2, 0.25) is 0 Å². The summed E-state index contributed by atoms with van der Waals surface area (Å²) in [5, 5.41) is 0.965. The first kappa shape index (κ1) is 17.8. The van der Waals surface area contributed by atoms with Crippen molar-refractivity contribution in [3.05, 3.63) is 42.5 Å². The number of nitrogens with one attached hydrogen (secondary N) is 1. The lowest BCUT2D eigenvalue weighted by Gasteiger charge is -2.30. The molecule has 134 valence electrons. The monoisotopic (exact) mass is 364 g/mol. The lowest BCUT2D eigenvalue weighted by Crippen LogP contribution is -3.18. The van der Waals surface area contributed by atoms with E-state index in [-0.39, 0.29) is 11.3 Å². The molecular weight excluding hydrogens is 342 g/mol. The number of rotatable bonds is 5. The van der Waals surface area contributed by atoms with Gasteiger partial charge in [0.2, 0.25) is 15.2 Å². The molecule has 0 aliphatic carbocycles. The van der Waals surface area contributed by atoms with Crippen LogP contribution in [0, 0.1) is 0 Å². The SMILES string of the molecule is COC(=O)C[C@H]([NH+]1CCOCC1)S(=O)(=O)c1ccc2ccccc2c1. The quantitative estimate of drug-likeness (QED) is 0.779. The first-order chi connectivity index (χ1) is 12.0. The molecule has 1 atom stereocenters. The minimum atomic E-state index is -3.69. The number of fused-ring (bicyclic) bond motifs is 1. The van der Waals surface area contributed by atoms with Crippen LogP contribution in [0.5, 0.6) is 0 Å². The van der Waals surface area contributed by atoms with Gasteiger partial charge in [0.15, 0.2) is 0 Å². The second-order valence-corrected chi connectivity index (χ2v) is 8.22. The molecule has 0 radical (unpaired) electrons. The normalized spacial score (nSPS) is 17.3. The van der Waals surface area contributed by atoms with Crippen molar-refractivity contribution in [2.24, 2.45) is 0 Å². The van der Waals surface area contributed by atoms with Crippen LogP contribution in [0.15, 0.2) is 47.4 Å². The van der Waals surface area contributed by atoms with Gasteiger partial charge >= 0.3 is 5.97 Å². The maximum Gasteiger partial charge on any atom is 0.312 e. The van der Waals surface area contributed by atoms with Crippen LogP contribution >= 0.6 is 0 Å². The van der Waals surface area contributed by atoms with Gasteiger partial charge < -0.3 is 14.4 Å². The van der Waals surface area contributed by atoms with E-state index >= 15 is 0 Å². The summed E-state index contributed by atoms with van der Waals surface area (Å²) in [4.78, 5) is 12.9. The highest BCUT2D eigenvalue weighted by Crippen LogP contribution is 2.22. The Kier molecular flexibility index (Phi) is 5.36. The van der Waals surface area contributed by atoms with E-state index in [1.54, 1.807) is 18.2 Å². The van der Waals surface area contributed by atoms with Crippen molar-refractivity contribution < 1.29 is 27.6 Å². The minimum absolute atomic E-state index is 0.166. The number of ether oxygens (including phenoxy) is 2. The van der Waals surface area contributed by atoms with Crippen LogP contribution in [-0.4, -0.2) is 53.2 Å². The second-order valence-electron chi connectivity index (χ2n) is 6.09. The van der Waals surface area contributed by atoms with Crippen molar-refractivity contribution in [1.29, 1.82) is 0 Å². The summed E-state index contributed by atoms with van der Waals surface area (Å²) in [7, 11) is -2.42. The summed E-state index contributed by atoms with van der Waals surface area (Å²) in [5.74, 6) is -0.520. The summed E-state index contributed by atoms with van der Waals surface area (Å²) < 4.78 is 36.6. The molecule has 1 fully saturated rings. The number of esters is 1. The Morgan fingerprint density at radius 3 is 2.52 bits per heavy atom. The van der Waals surface area contributed by atoms with Crippen LogP contribution in [-0.2, 0) is 24.1 Å². The van der Waals surface area contributed by atoms with Gasteiger partial charge in [-0.15, -0.1) is 0 Å². The van der Waals surface area contributed by atoms with Gasteiger partial charge in [0.05, 0.1) is 25.2 Å². The predicted molar refractivity (Wildman–Crippen MR) is 93.1 cm³/mol. The Hall–Kier alpha value is -1.96. The zero-order valence-electron chi connectivity index (χ0n) is 14.1. The molecule has 0 amide bonds. The number of morpholine rings is 1. The number of carbonyl (C=O) groups excluding carboxylic acids is 1. The molecule has 1 saturated heterocycles. The van der Waals surface area contributed by atoms with Gasteiger partial charge in [0.25, 0.3) is 0 Å². The molecule has 1 aliphatic heterocycles. The third-order valence-electron chi connectivity index (χ3n) is 4.59. The molecule has 3 rings (SSSR count). The third kappa shape index (κ3) is 3.84. The molecule has 1 aliphatic rings. The average molecular weight is 364 g/mol. The Labute approximate surface area is 147 Å². The van der Waals surface area contributed by atoms with Crippen molar-refractivity contribution in [2.75, 3.05) is 33.4 Å². The Bertz CT molecular complexity index is 859. The number of hydrogen-bond donors (Lipinski definition) is 1. The number of benzene rings is 2. The molecule has 1 heterocycles. The Balaban J connectivity index is 1.99. The molecule has 0 saturated carbocycles. The van der Waals surface area contributed by atoms with Crippen molar-refractivity contribution >= 4 is 26.6 Å². The summed E-state index contributed by atoms with van der Waals surface area (Å²) in [5.41, 5.74) is 0. The Morgan fingerprint density at radius 2 is 1.84 bits per heavy atom. The predicted octanol–water partition coefficient (Wildman–Crippen LogP) is 0.418. The van der Waals surface area contributed by atoms with Crippen molar-refractivity contribution in [3.8, 4) is 0 Å². The van der Waals surface area contributed by atoms with E-state index < -0.39 is 21.2 Å². The topological polar surface area (TPSA) is 74.1 Å². The van der Waals surface area contributed by atoms with Gasteiger partial charge in [-0.1, -0.05) is 30.3 Å². The standard InChI is InChI=1S/C18H21NO5S/c1-23-18(20)13-17(19-8-10-24-11-9-19)25(21,22)16-7-6-14-4-2-3-5-15(14)12-16/h2-7,12,17H,8-11,13H2,1H3/p+1/t17-/m1/s1. The van der Waals surface area contributed by atoms with Gasteiger partial charge in [-0.2, -0.15) is 0 Å². The molecule has 0 spiro atoms. The summed E-state index contributed by atoms with van der Waals surface area (Å²) in [6.45, 7) is 2.07. The molecule has 25 heavy (non-hydrogen) atoms. The summed E-state index contributed by atoms with van der Waals surface area (Å²) in [6, 6.07) is 12.7. The molecule has 2 aromatic carbocycles. The van der Waals surface area contributed by atoms with Gasteiger partial charge in [-0.25, -0.2) is 8.42 Å². The van der Waals surface area contributed by atoms with Crippen LogP contribution in [0.25, 0.3) is 10.8 Å². The number of carbonyl (C=O) groups is 1. The van der Waals surface area contributed by atoms with Crippen molar-refractivity contribution in [1.82, 2.24) is 0 Å². The number of methoxy groups -OCH3 is 1. The van der Waals surface area contributed by atoms with E-state index in [0.717, 1.165) is 15.7 Å². The smallest absolute Gasteiger partial charge is 0.312 e. The number of quaternary nitrogens is 1. The van der Waals surface area contributed by atoms with E-state index in [0.29, 0.717) is 26.3 Å². The molecular formula is C18H22NO5S+. The van der Waals surface area contributed by atoms with Gasteiger partial charge in [0, 0.05) is 0 Å². The zero-order chi connectivity index (χ0) is 17.9. The van der Waals surface area contributed by atoms with E-state index in [1.165, 1.54) is 7.11 Å². The fourth-order valence-corrected chi connectivity index (χ4v) is 5.08. The van der Waals surface area contributed by atoms with E-state index in [2.05, 4.69) is 0 Å². The molecule has 1 N–H and O–H groups in total. The largest absolute Gasteiger partial charge is 0.469 e. The highest BCUT2D eigenvalue weighted by atomic mass is 32.2. The lowest BCUT2D eigenvalue weighted by molar-refractivity contribution is -0.918. The fourth-order valence-electron chi connectivity index (χ4n) is 3.17. The maximum absolute atomic E-state index is 13.3. The highest BCUT2D eigenvalue weighted by Gasteiger charge is 2.39. The minimum Gasteiger partial charge on any atom is -0.469 e. The average Bonchev–Trinajstić information content (AvgIpc) is 2.66. The maximum atomic E-state index is 13.3. The van der Waals surface area contributed by atoms with Gasteiger partial charge in [-0.3, -0.25) is 4.79 Å². The van der Waals surface area contributed by atoms with E-state index in [9.17, 15) is 13.2 Å². The first-order valence-electron chi connectivity index (χ1n) is 8.24.